The zero-order chi connectivity index (χ0) is 14.5. The standard InChI is InChI=1S/C16H17FN2O/c1-3-19(11-13-6-4-5-9-18-13)16(20)14-8-7-12(2)10-15(14)17/h4-10H,3,11H2,1-2H3. The second-order valence-electron chi connectivity index (χ2n) is 4.62. The van der Waals surface area contributed by atoms with Gasteiger partial charge in [-0.05, 0) is 43.7 Å². The fourth-order valence-electron chi connectivity index (χ4n) is 1.98. The number of pyridine rings is 1. The Morgan fingerprint density at radius 1 is 1.30 bits per heavy atom. The Morgan fingerprint density at radius 2 is 2.10 bits per heavy atom. The molecule has 0 N–H and O–H groups in total. The van der Waals surface area contributed by atoms with E-state index in [4.69, 9.17) is 0 Å². The summed E-state index contributed by atoms with van der Waals surface area (Å²) >= 11 is 0. The molecule has 0 bridgehead atoms. The van der Waals surface area contributed by atoms with E-state index in [1.54, 1.807) is 24.1 Å². The Balaban J connectivity index is 2.21. The molecule has 4 heteroatoms. The Labute approximate surface area is 118 Å². The van der Waals surface area contributed by atoms with Crippen LogP contribution in [0.4, 0.5) is 4.39 Å². The molecule has 0 aliphatic heterocycles. The van der Waals surface area contributed by atoms with Gasteiger partial charge in [0.05, 0.1) is 17.8 Å². The Kier molecular flexibility index (Phi) is 4.45. The van der Waals surface area contributed by atoms with Gasteiger partial charge in [0.25, 0.3) is 5.91 Å². The van der Waals surface area contributed by atoms with Gasteiger partial charge in [-0.1, -0.05) is 12.1 Å². The summed E-state index contributed by atoms with van der Waals surface area (Å²) in [6.07, 6.45) is 1.68. The van der Waals surface area contributed by atoms with Crippen molar-refractivity contribution in [3.8, 4) is 0 Å². The van der Waals surface area contributed by atoms with Gasteiger partial charge in [0.15, 0.2) is 0 Å². The van der Waals surface area contributed by atoms with E-state index in [-0.39, 0.29) is 11.5 Å². The first-order chi connectivity index (χ1) is 9.61. The van der Waals surface area contributed by atoms with E-state index in [1.165, 1.54) is 12.1 Å². The van der Waals surface area contributed by atoms with Crippen LogP contribution in [-0.4, -0.2) is 22.3 Å². The molecule has 1 amide bonds. The van der Waals surface area contributed by atoms with Crippen LogP contribution in [0.2, 0.25) is 0 Å². The van der Waals surface area contributed by atoms with Gasteiger partial charge in [-0.15, -0.1) is 0 Å². The molecule has 3 nitrogen and oxygen atoms in total. The van der Waals surface area contributed by atoms with E-state index in [9.17, 15) is 9.18 Å². The van der Waals surface area contributed by atoms with Gasteiger partial charge in [0, 0.05) is 12.7 Å². The van der Waals surface area contributed by atoms with Crippen LogP contribution < -0.4 is 0 Å². The largest absolute Gasteiger partial charge is 0.333 e. The normalized spacial score (nSPS) is 10.3. The number of benzene rings is 1. The van der Waals surface area contributed by atoms with Gasteiger partial charge in [0.1, 0.15) is 5.82 Å². The Morgan fingerprint density at radius 3 is 2.70 bits per heavy atom. The zero-order valence-electron chi connectivity index (χ0n) is 11.6. The maximum Gasteiger partial charge on any atom is 0.257 e. The lowest BCUT2D eigenvalue weighted by Crippen LogP contribution is -2.31. The summed E-state index contributed by atoms with van der Waals surface area (Å²) in [6, 6.07) is 10.2. The summed E-state index contributed by atoms with van der Waals surface area (Å²) in [6.45, 7) is 4.54. The third-order valence-corrected chi connectivity index (χ3v) is 3.10. The molecule has 0 aliphatic carbocycles. The van der Waals surface area contributed by atoms with Crippen molar-refractivity contribution < 1.29 is 9.18 Å². The maximum atomic E-state index is 13.9. The topological polar surface area (TPSA) is 33.2 Å². The molecular formula is C16H17FN2O. The molecule has 20 heavy (non-hydrogen) atoms. The van der Waals surface area contributed by atoms with Crippen LogP contribution in [0, 0.1) is 12.7 Å². The summed E-state index contributed by atoms with van der Waals surface area (Å²) in [5.74, 6) is -0.787. The second-order valence-corrected chi connectivity index (χ2v) is 4.62. The fourth-order valence-corrected chi connectivity index (χ4v) is 1.98. The Hall–Kier alpha value is -2.23. The predicted molar refractivity (Wildman–Crippen MR) is 75.8 cm³/mol. The van der Waals surface area contributed by atoms with E-state index in [0.717, 1.165) is 11.3 Å². The number of carbonyl (C=O) groups is 1. The van der Waals surface area contributed by atoms with E-state index >= 15 is 0 Å². The molecule has 1 aromatic heterocycles. The van der Waals surface area contributed by atoms with Crippen LogP contribution in [0.3, 0.4) is 0 Å². The molecule has 0 saturated heterocycles. The van der Waals surface area contributed by atoms with Crippen LogP contribution >= 0.6 is 0 Å². The Bertz CT molecular complexity index is 599. The highest BCUT2D eigenvalue weighted by molar-refractivity contribution is 5.94. The van der Waals surface area contributed by atoms with Gasteiger partial charge in [-0.25, -0.2) is 4.39 Å². The third kappa shape index (κ3) is 3.20. The average molecular weight is 272 g/mol. The number of amides is 1. The van der Waals surface area contributed by atoms with E-state index in [2.05, 4.69) is 4.98 Å². The van der Waals surface area contributed by atoms with E-state index in [0.29, 0.717) is 13.1 Å². The summed E-state index contributed by atoms with van der Waals surface area (Å²) in [7, 11) is 0. The zero-order valence-corrected chi connectivity index (χ0v) is 11.6. The first-order valence-corrected chi connectivity index (χ1v) is 6.57. The lowest BCUT2D eigenvalue weighted by molar-refractivity contribution is 0.0746. The highest BCUT2D eigenvalue weighted by Gasteiger charge is 2.18. The quantitative estimate of drug-likeness (QED) is 0.856. The lowest BCUT2D eigenvalue weighted by atomic mass is 10.1. The highest BCUT2D eigenvalue weighted by atomic mass is 19.1. The van der Waals surface area contributed by atoms with Crippen molar-refractivity contribution in [2.45, 2.75) is 20.4 Å². The first kappa shape index (κ1) is 14.2. The molecule has 0 fully saturated rings. The number of carbonyl (C=O) groups excluding carboxylic acids is 1. The number of rotatable bonds is 4. The van der Waals surface area contributed by atoms with Gasteiger partial charge in [0.2, 0.25) is 0 Å². The predicted octanol–water partition coefficient (Wildman–Crippen LogP) is 3.19. The molecule has 0 radical (unpaired) electrons. The monoisotopic (exact) mass is 272 g/mol. The summed E-state index contributed by atoms with van der Waals surface area (Å²) in [5.41, 5.74) is 1.69. The molecule has 1 heterocycles. The smallest absolute Gasteiger partial charge is 0.257 e. The van der Waals surface area contributed by atoms with Crippen LogP contribution in [0.25, 0.3) is 0 Å². The summed E-state index contributed by atoms with van der Waals surface area (Å²) in [5, 5.41) is 0. The first-order valence-electron chi connectivity index (χ1n) is 6.57. The van der Waals surface area contributed by atoms with Gasteiger partial charge >= 0.3 is 0 Å². The van der Waals surface area contributed by atoms with Crippen LogP contribution in [0.5, 0.6) is 0 Å². The average Bonchev–Trinajstić information content (AvgIpc) is 2.45. The summed E-state index contributed by atoms with van der Waals surface area (Å²) < 4.78 is 13.9. The van der Waals surface area contributed by atoms with Crippen molar-refractivity contribution in [3.05, 3.63) is 65.2 Å². The molecule has 0 atom stereocenters. The minimum absolute atomic E-state index is 0.105. The molecule has 0 unspecified atom stereocenters. The van der Waals surface area contributed by atoms with Crippen molar-refractivity contribution in [1.29, 1.82) is 0 Å². The maximum absolute atomic E-state index is 13.9. The second kappa shape index (κ2) is 6.28. The van der Waals surface area contributed by atoms with Crippen LogP contribution in [0.1, 0.15) is 28.5 Å². The summed E-state index contributed by atoms with van der Waals surface area (Å²) in [4.78, 5) is 18.1. The SMILES string of the molecule is CCN(Cc1ccccn1)C(=O)c1ccc(C)cc1F. The molecular weight excluding hydrogens is 255 g/mol. The van der Waals surface area contributed by atoms with Gasteiger partial charge in [-0.2, -0.15) is 0 Å². The molecule has 2 rings (SSSR count). The van der Waals surface area contributed by atoms with Crippen molar-refractivity contribution in [2.24, 2.45) is 0 Å². The number of aryl methyl sites for hydroxylation is 1. The number of hydrogen-bond acceptors (Lipinski definition) is 2. The number of nitrogens with zero attached hydrogens (tertiary/aromatic N) is 2. The molecule has 2 aromatic rings. The third-order valence-electron chi connectivity index (χ3n) is 3.10. The van der Waals surface area contributed by atoms with E-state index < -0.39 is 5.82 Å². The van der Waals surface area contributed by atoms with Crippen molar-refractivity contribution in [2.75, 3.05) is 6.54 Å². The van der Waals surface area contributed by atoms with E-state index in [1.807, 2.05) is 25.1 Å². The lowest BCUT2D eigenvalue weighted by Gasteiger charge is -2.21. The van der Waals surface area contributed by atoms with Crippen LogP contribution in [0.15, 0.2) is 42.6 Å². The van der Waals surface area contributed by atoms with Gasteiger partial charge < -0.3 is 4.90 Å². The van der Waals surface area contributed by atoms with Crippen molar-refractivity contribution in [1.82, 2.24) is 9.88 Å². The molecule has 0 aliphatic rings. The fraction of sp³-hybridized carbons (Fsp3) is 0.250. The van der Waals surface area contributed by atoms with Crippen LogP contribution in [-0.2, 0) is 6.54 Å². The molecule has 104 valence electrons. The number of aromatic nitrogens is 1. The van der Waals surface area contributed by atoms with Crippen molar-refractivity contribution in [3.63, 3.8) is 0 Å². The molecule has 0 spiro atoms. The van der Waals surface area contributed by atoms with Crippen molar-refractivity contribution >= 4 is 5.91 Å². The highest BCUT2D eigenvalue weighted by Crippen LogP contribution is 2.14. The minimum atomic E-state index is -0.477. The van der Waals surface area contributed by atoms with Gasteiger partial charge in [-0.3, -0.25) is 9.78 Å². The number of halogens is 1. The number of hydrogen-bond donors (Lipinski definition) is 0. The molecule has 0 saturated carbocycles. The minimum Gasteiger partial charge on any atom is -0.333 e. The molecule has 1 aromatic carbocycles.